The third-order valence-electron chi connectivity index (χ3n) is 5.23. The van der Waals surface area contributed by atoms with Crippen LogP contribution < -0.4 is 0 Å². The van der Waals surface area contributed by atoms with Crippen LogP contribution in [0.5, 0.6) is 0 Å². The summed E-state index contributed by atoms with van der Waals surface area (Å²) in [5, 5.41) is 0. The van der Waals surface area contributed by atoms with E-state index in [-0.39, 0.29) is 11.9 Å². The van der Waals surface area contributed by atoms with Crippen molar-refractivity contribution >= 4 is 11.9 Å². The van der Waals surface area contributed by atoms with Crippen molar-refractivity contribution in [3.63, 3.8) is 0 Å². The highest BCUT2D eigenvalue weighted by Gasteiger charge is 2.44. The molecule has 0 N–H and O–H groups in total. The van der Waals surface area contributed by atoms with Gasteiger partial charge in [0.15, 0.2) is 0 Å². The highest BCUT2D eigenvalue weighted by Crippen LogP contribution is 2.50. The molecule has 2 aliphatic carbocycles. The Balaban J connectivity index is 1.86. The van der Waals surface area contributed by atoms with Gasteiger partial charge in [-0.1, -0.05) is 20.1 Å². The lowest BCUT2D eigenvalue weighted by Gasteiger charge is -2.39. The van der Waals surface area contributed by atoms with E-state index in [0.29, 0.717) is 42.8 Å². The summed E-state index contributed by atoms with van der Waals surface area (Å²) in [6.07, 6.45) is 6.90. The van der Waals surface area contributed by atoms with E-state index in [1.54, 1.807) is 0 Å². The Morgan fingerprint density at radius 1 is 1.05 bits per heavy atom. The van der Waals surface area contributed by atoms with Crippen LogP contribution in [0.15, 0.2) is 25.3 Å². The standard InChI is InChI=1S/C18H26O4/c1-4-16(19)21-10-13-8-12(3)18-14(9-13)6-7-15(18)11-22-17(20)5-2/h4-5,12-15,18H,1-2,6-11H2,3H3/t12-,13?,14?,15?,18?/m1/s1. The quantitative estimate of drug-likeness (QED) is 0.559. The van der Waals surface area contributed by atoms with Crippen LogP contribution in [0.3, 0.4) is 0 Å². The molecule has 22 heavy (non-hydrogen) atoms. The van der Waals surface area contributed by atoms with Gasteiger partial charge in [-0.05, 0) is 55.3 Å². The van der Waals surface area contributed by atoms with E-state index in [1.165, 1.54) is 18.6 Å². The minimum Gasteiger partial charge on any atom is -0.462 e. The SMILES string of the molecule is C=CC(=O)OCC1CC2CCC(COC(=O)C=C)C2[C@H](C)C1. The summed E-state index contributed by atoms with van der Waals surface area (Å²) >= 11 is 0. The van der Waals surface area contributed by atoms with Gasteiger partial charge in [0.05, 0.1) is 13.2 Å². The summed E-state index contributed by atoms with van der Waals surface area (Å²) in [6, 6.07) is 0. The second-order valence-electron chi connectivity index (χ2n) is 6.66. The average Bonchev–Trinajstić information content (AvgIpc) is 2.93. The molecule has 2 aliphatic rings. The molecular weight excluding hydrogens is 280 g/mol. The fourth-order valence-corrected chi connectivity index (χ4v) is 4.45. The zero-order chi connectivity index (χ0) is 16.1. The molecule has 0 saturated heterocycles. The van der Waals surface area contributed by atoms with Gasteiger partial charge in [0.2, 0.25) is 0 Å². The van der Waals surface area contributed by atoms with E-state index < -0.39 is 0 Å². The summed E-state index contributed by atoms with van der Waals surface area (Å²) < 4.78 is 10.5. The number of ether oxygens (including phenoxy) is 2. The van der Waals surface area contributed by atoms with Gasteiger partial charge in [-0.3, -0.25) is 0 Å². The van der Waals surface area contributed by atoms with E-state index in [1.807, 2.05) is 0 Å². The monoisotopic (exact) mass is 306 g/mol. The molecule has 122 valence electrons. The van der Waals surface area contributed by atoms with Crippen molar-refractivity contribution in [2.24, 2.45) is 29.6 Å². The lowest BCUT2D eigenvalue weighted by Crippen LogP contribution is -2.34. The van der Waals surface area contributed by atoms with Gasteiger partial charge in [0, 0.05) is 12.2 Å². The van der Waals surface area contributed by atoms with Crippen LogP contribution in [0.1, 0.15) is 32.6 Å². The van der Waals surface area contributed by atoms with Crippen LogP contribution in [0.2, 0.25) is 0 Å². The first-order valence-electron chi connectivity index (χ1n) is 8.13. The first kappa shape index (κ1) is 16.8. The molecule has 4 unspecified atom stereocenters. The van der Waals surface area contributed by atoms with E-state index in [4.69, 9.17) is 9.47 Å². The second-order valence-corrected chi connectivity index (χ2v) is 6.66. The van der Waals surface area contributed by atoms with Gasteiger partial charge in [0.1, 0.15) is 0 Å². The topological polar surface area (TPSA) is 52.6 Å². The van der Waals surface area contributed by atoms with Crippen molar-refractivity contribution in [1.29, 1.82) is 0 Å². The van der Waals surface area contributed by atoms with Gasteiger partial charge in [-0.15, -0.1) is 0 Å². The summed E-state index contributed by atoms with van der Waals surface area (Å²) in [7, 11) is 0. The van der Waals surface area contributed by atoms with Crippen molar-refractivity contribution in [2.75, 3.05) is 13.2 Å². The second kappa shape index (κ2) is 7.61. The average molecular weight is 306 g/mol. The van der Waals surface area contributed by atoms with Crippen LogP contribution in [-0.4, -0.2) is 25.2 Å². The molecule has 2 rings (SSSR count). The number of carbonyl (C=O) groups excluding carboxylic acids is 2. The molecule has 0 bridgehead atoms. The summed E-state index contributed by atoms with van der Waals surface area (Å²) in [6.45, 7) is 10.1. The lowest BCUT2D eigenvalue weighted by atomic mass is 9.68. The highest BCUT2D eigenvalue weighted by atomic mass is 16.5. The van der Waals surface area contributed by atoms with E-state index >= 15 is 0 Å². The minimum atomic E-state index is -0.338. The van der Waals surface area contributed by atoms with E-state index in [0.717, 1.165) is 19.3 Å². The van der Waals surface area contributed by atoms with Crippen LogP contribution in [0.4, 0.5) is 0 Å². The van der Waals surface area contributed by atoms with Gasteiger partial charge < -0.3 is 9.47 Å². The third kappa shape index (κ3) is 3.99. The van der Waals surface area contributed by atoms with Gasteiger partial charge >= 0.3 is 11.9 Å². The molecule has 2 saturated carbocycles. The van der Waals surface area contributed by atoms with Crippen molar-refractivity contribution in [1.82, 2.24) is 0 Å². The molecule has 0 aliphatic heterocycles. The fraction of sp³-hybridized carbons (Fsp3) is 0.667. The normalized spacial score (nSPS) is 33.6. The van der Waals surface area contributed by atoms with Gasteiger partial charge in [-0.25, -0.2) is 9.59 Å². The number of fused-ring (bicyclic) bond motifs is 1. The minimum absolute atomic E-state index is 0.332. The molecule has 4 heteroatoms. The Hall–Kier alpha value is -1.58. The highest BCUT2D eigenvalue weighted by molar-refractivity contribution is 5.81. The van der Waals surface area contributed by atoms with Crippen molar-refractivity contribution < 1.29 is 19.1 Å². The largest absolute Gasteiger partial charge is 0.462 e. The fourth-order valence-electron chi connectivity index (χ4n) is 4.45. The lowest BCUT2D eigenvalue weighted by molar-refractivity contribution is -0.140. The number of hydrogen-bond acceptors (Lipinski definition) is 4. The van der Waals surface area contributed by atoms with Crippen LogP contribution >= 0.6 is 0 Å². The summed E-state index contributed by atoms with van der Waals surface area (Å²) in [4.78, 5) is 22.4. The van der Waals surface area contributed by atoms with E-state index in [2.05, 4.69) is 20.1 Å². The Morgan fingerprint density at radius 2 is 1.68 bits per heavy atom. The number of rotatable bonds is 6. The zero-order valence-electron chi connectivity index (χ0n) is 13.3. The van der Waals surface area contributed by atoms with Crippen LogP contribution in [0.25, 0.3) is 0 Å². The molecule has 0 heterocycles. The first-order valence-corrected chi connectivity index (χ1v) is 8.13. The van der Waals surface area contributed by atoms with Crippen LogP contribution in [-0.2, 0) is 19.1 Å². The Kier molecular flexibility index (Phi) is 5.81. The van der Waals surface area contributed by atoms with Crippen molar-refractivity contribution in [3.05, 3.63) is 25.3 Å². The van der Waals surface area contributed by atoms with Crippen molar-refractivity contribution in [2.45, 2.75) is 32.6 Å². The molecule has 0 amide bonds. The maximum atomic E-state index is 11.2. The molecule has 0 aromatic carbocycles. The first-order chi connectivity index (χ1) is 10.5. The Bertz CT molecular complexity index is 442. The molecule has 0 radical (unpaired) electrons. The van der Waals surface area contributed by atoms with Crippen molar-refractivity contribution in [3.8, 4) is 0 Å². The van der Waals surface area contributed by atoms with Gasteiger partial charge in [0.25, 0.3) is 0 Å². The maximum Gasteiger partial charge on any atom is 0.330 e. The Labute approximate surface area is 132 Å². The molecule has 0 aromatic rings. The van der Waals surface area contributed by atoms with Crippen LogP contribution in [0, 0.1) is 29.6 Å². The Morgan fingerprint density at radius 3 is 2.32 bits per heavy atom. The predicted molar refractivity (Wildman–Crippen MR) is 83.9 cm³/mol. The molecular formula is C18H26O4. The number of esters is 2. The summed E-state index contributed by atoms with van der Waals surface area (Å²) in [5.74, 6) is 2.07. The number of carbonyl (C=O) groups is 2. The molecule has 5 atom stereocenters. The molecule has 0 aromatic heterocycles. The third-order valence-corrected chi connectivity index (χ3v) is 5.23. The molecule has 2 fully saturated rings. The smallest absolute Gasteiger partial charge is 0.330 e. The molecule has 0 spiro atoms. The predicted octanol–water partition coefficient (Wildman–Crippen LogP) is 3.13. The number of hydrogen-bond donors (Lipinski definition) is 0. The molecule has 4 nitrogen and oxygen atoms in total. The summed E-state index contributed by atoms with van der Waals surface area (Å²) in [5.41, 5.74) is 0. The van der Waals surface area contributed by atoms with E-state index in [9.17, 15) is 9.59 Å². The van der Waals surface area contributed by atoms with Gasteiger partial charge in [-0.2, -0.15) is 0 Å². The maximum absolute atomic E-state index is 11.2. The zero-order valence-corrected chi connectivity index (χ0v) is 13.3.